The van der Waals surface area contributed by atoms with Crippen LogP contribution in [-0.2, 0) is 0 Å². The molecule has 0 radical (unpaired) electrons. The molecule has 3 nitrogen and oxygen atoms in total. The van der Waals surface area contributed by atoms with Crippen molar-refractivity contribution in [2.24, 2.45) is 5.92 Å². The number of benzene rings is 1. The van der Waals surface area contributed by atoms with Crippen LogP contribution in [0.25, 0.3) is 0 Å². The number of ether oxygens (including phenoxy) is 2. The first kappa shape index (κ1) is 13.8. The van der Waals surface area contributed by atoms with Gasteiger partial charge in [0, 0.05) is 6.07 Å². The van der Waals surface area contributed by atoms with E-state index in [4.69, 9.17) is 9.47 Å². The van der Waals surface area contributed by atoms with Gasteiger partial charge in [-0.3, -0.25) is 0 Å². The van der Waals surface area contributed by atoms with E-state index in [2.05, 4.69) is 13.8 Å². The second kappa shape index (κ2) is 6.50. The smallest absolute Gasteiger partial charge is 0.122 e. The van der Waals surface area contributed by atoms with E-state index in [0.29, 0.717) is 17.4 Å². The van der Waals surface area contributed by atoms with E-state index in [9.17, 15) is 5.11 Å². The Kier molecular flexibility index (Phi) is 5.29. The lowest BCUT2D eigenvalue weighted by molar-refractivity contribution is 0.158. The van der Waals surface area contributed by atoms with Gasteiger partial charge in [0.2, 0.25) is 0 Å². The van der Waals surface area contributed by atoms with Gasteiger partial charge in [0.1, 0.15) is 11.5 Å². The fraction of sp³-hybridized carbons (Fsp3) is 0.571. The summed E-state index contributed by atoms with van der Waals surface area (Å²) in [5, 5.41) is 10.1. The predicted molar refractivity (Wildman–Crippen MR) is 68.6 cm³/mol. The first-order valence-corrected chi connectivity index (χ1v) is 5.97. The van der Waals surface area contributed by atoms with Crippen molar-refractivity contribution in [3.05, 3.63) is 23.8 Å². The lowest BCUT2D eigenvalue weighted by Crippen LogP contribution is -2.01. The Balaban J connectivity index is 2.80. The van der Waals surface area contributed by atoms with Crippen molar-refractivity contribution < 1.29 is 14.6 Å². The van der Waals surface area contributed by atoms with Crippen molar-refractivity contribution in [1.29, 1.82) is 0 Å². The zero-order valence-corrected chi connectivity index (χ0v) is 11.1. The van der Waals surface area contributed by atoms with Crippen LogP contribution in [0.5, 0.6) is 11.5 Å². The Morgan fingerprint density at radius 1 is 1.00 bits per heavy atom. The van der Waals surface area contributed by atoms with Gasteiger partial charge in [-0.25, -0.2) is 0 Å². The van der Waals surface area contributed by atoms with E-state index >= 15 is 0 Å². The van der Waals surface area contributed by atoms with Crippen molar-refractivity contribution >= 4 is 0 Å². The minimum atomic E-state index is -0.457. The third-order valence-electron chi connectivity index (χ3n) is 2.78. The molecule has 96 valence electrons. The molecule has 1 N–H and O–H groups in total. The SMILES string of the molecule is COc1cc(OC)cc(C(O)CCC(C)C)c1. The van der Waals surface area contributed by atoms with Crippen molar-refractivity contribution in [2.75, 3.05) is 14.2 Å². The number of rotatable bonds is 6. The standard InChI is InChI=1S/C14H22O3/c1-10(2)5-6-14(15)11-7-12(16-3)9-13(8-11)17-4/h7-10,14-15H,5-6H2,1-4H3. The fourth-order valence-corrected chi connectivity index (χ4v) is 1.68. The van der Waals surface area contributed by atoms with Crippen LogP contribution in [0.1, 0.15) is 38.4 Å². The van der Waals surface area contributed by atoms with Crippen LogP contribution in [0.4, 0.5) is 0 Å². The van der Waals surface area contributed by atoms with E-state index in [1.807, 2.05) is 12.1 Å². The van der Waals surface area contributed by atoms with Gasteiger partial charge < -0.3 is 14.6 Å². The van der Waals surface area contributed by atoms with Crippen LogP contribution in [0, 0.1) is 5.92 Å². The van der Waals surface area contributed by atoms with E-state index in [0.717, 1.165) is 18.4 Å². The lowest BCUT2D eigenvalue weighted by Gasteiger charge is -2.14. The number of hydrogen-bond donors (Lipinski definition) is 1. The van der Waals surface area contributed by atoms with Gasteiger partial charge in [0.15, 0.2) is 0 Å². The molecule has 0 aromatic heterocycles. The van der Waals surface area contributed by atoms with E-state index in [1.54, 1.807) is 20.3 Å². The highest BCUT2D eigenvalue weighted by molar-refractivity contribution is 5.39. The van der Waals surface area contributed by atoms with Crippen molar-refractivity contribution in [3.63, 3.8) is 0 Å². The predicted octanol–water partition coefficient (Wildman–Crippen LogP) is 3.17. The lowest BCUT2D eigenvalue weighted by atomic mass is 9.99. The summed E-state index contributed by atoms with van der Waals surface area (Å²) in [6.45, 7) is 4.30. The minimum Gasteiger partial charge on any atom is -0.497 e. The average Bonchev–Trinajstić information content (AvgIpc) is 2.34. The monoisotopic (exact) mass is 238 g/mol. The molecule has 1 rings (SSSR count). The molecule has 0 aliphatic heterocycles. The Labute approximate surface area is 103 Å². The van der Waals surface area contributed by atoms with Crippen LogP contribution in [0.2, 0.25) is 0 Å². The van der Waals surface area contributed by atoms with Crippen LogP contribution in [0.15, 0.2) is 18.2 Å². The molecule has 1 aromatic rings. The van der Waals surface area contributed by atoms with Gasteiger partial charge in [-0.2, -0.15) is 0 Å². The molecule has 17 heavy (non-hydrogen) atoms. The molecule has 1 unspecified atom stereocenters. The van der Waals surface area contributed by atoms with Gasteiger partial charge in [0.25, 0.3) is 0 Å². The van der Waals surface area contributed by atoms with E-state index < -0.39 is 6.10 Å². The molecule has 0 aliphatic rings. The van der Waals surface area contributed by atoms with Gasteiger partial charge in [0.05, 0.1) is 20.3 Å². The van der Waals surface area contributed by atoms with Crippen molar-refractivity contribution in [2.45, 2.75) is 32.8 Å². The number of aliphatic hydroxyl groups excluding tert-OH is 1. The molecule has 0 bridgehead atoms. The summed E-state index contributed by atoms with van der Waals surface area (Å²) >= 11 is 0. The first-order valence-electron chi connectivity index (χ1n) is 5.97. The second-order valence-corrected chi connectivity index (χ2v) is 4.63. The summed E-state index contributed by atoms with van der Waals surface area (Å²) in [4.78, 5) is 0. The maximum atomic E-state index is 10.1. The summed E-state index contributed by atoms with van der Waals surface area (Å²) in [6, 6.07) is 5.51. The van der Waals surface area contributed by atoms with Crippen LogP contribution >= 0.6 is 0 Å². The van der Waals surface area contributed by atoms with Crippen LogP contribution in [-0.4, -0.2) is 19.3 Å². The zero-order chi connectivity index (χ0) is 12.8. The Morgan fingerprint density at radius 2 is 1.53 bits per heavy atom. The summed E-state index contributed by atoms with van der Waals surface area (Å²) in [5.41, 5.74) is 0.849. The molecule has 0 heterocycles. The summed E-state index contributed by atoms with van der Waals surface area (Å²) in [5.74, 6) is 2.02. The third-order valence-corrected chi connectivity index (χ3v) is 2.78. The maximum Gasteiger partial charge on any atom is 0.122 e. The van der Waals surface area contributed by atoms with Gasteiger partial charge in [-0.05, 0) is 36.5 Å². The second-order valence-electron chi connectivity index (χ2n) is 4.63. The van der Waals surface area contributed by atoms with Crippen molar-refractivity contribution in [3.8, 4) is 11.5 Å². The van der Waals surface area contributed by atoms with Gasteiger partial charge >= 0.3 is 0 Å². The number of methoxy groups -OCH3 is 2. The highest BCUT2D eigenvalue weighted by Gasteiger charge is 2.11. The Bertz CT molecular complexity index is 325. The molecule has 0 fully saturated rings. The molecular weight excluding hydrogens is 216 g/mol. The molecule has 0 aliphatic carbocycles. The van der Waals surface area contributed by atoms with Gasteiger partial charge in [-0.15, -0.1) is 0 Å². The number of aliphatic hydroxyl groups is 1. The fourth-order valence-electron chi connectivity index (χ4n) is 1.68. The highest BCUT2D eigenvalue weighted by atomic mass is 16.5. The average molecular weight is 238 g/mol. The van der Waals surface area contributed by atoms with Gasteiger partial charge in [-0.1, -0.05) is 13.8 Å². The molecule has 0 spiro atoms. The van der Waals surface area contributed by atoms with Crippen LogP contribution < -0.4 is 9.47 Å². The van der Waals surface area contributed by atoms with E-state index in [1.165, 1.54) is 0 Å². The zero-order valence-electron chi connectivity index (χ0n) is 11.1. The van der Waals surface area contributed by atoms with Crippen molar-refractivity contribution in [1.82, 2.24) is 0 Å². The normalized spacial score (nSPS) is 12.6. The summed E-state index contributed by atoms with van der Waals surface area (Å²) in [7, 11) is 3.22. The molecule has 0 saturated carbocycles. The summed E-state index contributed by atoms with van der Waals surface area (Å²) in [6.07, 6.45) is 1.30. The Morgan fingerprint density at radius 3 is 1.94 bits per heavy atom. The summed E-state index contributed by atoms with van der Waals surface area (Å²) < 4.78 is 10.4. The first-order chi connectivity index (χ1) is 8.06. The van der Waals surface area contributed by atoms with E-state index in [-0.39, 0.29) is 0 Å². The number of hydrogen-bond acceptors (Lipinski definition) is 3. The minimum absolute atomic E-state index is 0.457. The quantitative estimate of drug-likeness (QED) is 0.827. The molecule has 1 aromatic carbocycles. The topological polar surface area (TPSA) is 38.7 Å². The molecule has 0 saturated heterocycles. The molecule has 0 amide bonds. The molecular formula is C14H22O3. The molecule has 3 heteroatoms. The third kappa shape index (κ3) is 4.27. The van der Waals surface area contributed by atoms with Crippen LogP contribution in [0.3, 0.4) is 0 Å². The largest absolute Gasteiger partial charge is 0.497 e. The maximum absolute atomic E-state index is 10.1. The Hall–Kier alpha value is -1.22. The highest BCUT2D eigenvalue weighted by Crippen LogP contribution is 2.29. The molecule has 1 atom stereocenters.